The second kappa shape index (κ2) is 4.26. The first-order valence-corrected chi connectivity index (χ1v) is 5.08. The molecule has 2 rings (SSSR count). The Hall–Kier alpha value is -1.97. The summed E-state index contributed by atoms with van der Waals surface area (Å²) in [6.07, 6.45) is 1.78. The molecule has 0 atom stereocenters. The molecule has 1 aliphatic rings. The fraction of sp³-hybridized carbons (Fsp3) is 0.250. The molecule has 1 amide bonds. The number of amides is 1. The second-order valence-corrected chi connectivity index (χ2v) is 3.60. The SMILES string of the molecule is C=CCN1CC(=O)Nc2ccc(OC)cc21. The van der Waals surface area contributed by atoms with Gasteiger partial charge in [0.05, 0.1) is 25.0 Å². The van der Waals surface area contributed by atoms with Crippen LogP contribution in [-0.4, -0.2) is 26.1 Å². The number of carbonyl (C=O) groups is 1. The number of ether oxygens (including phenoxy) is 1. The van der Waals surface area contributed by atoms with Crippen LogP contribution in [0.25, 0.3) is 0 Å². The summed E-state index contributed by atoms with van der Waals surface area (Å²) in [6.45, 7) is 4.69. The highest BCUT2D eigenvalue weighted by Gasteiger charge is 2.21. The maximum Gasteiger partial charge on any atom is 0.243 e. The lowest BCUT2D eigenvalue weighted by molar-refractivity contribution is -0.115. The first kappa shape index (κ1) is 10.5. The van der Waals surface area contributed by atoms with E-state index in [1.165, 1.54) is 0 Å². The van der Waals surface area contributed by atoms with Crippen LogP contribution >= 0.6 is 0 Å². The van der Waals surface area contributed by atoms with E-state index in [2.05, 4.69) is 11.9 Å². The topological polar surface area (TPSA) is 41.6 Å². The van der Waals surface area contributed by atoms with E-state index in [4.69, 9.17) is 4.74 Å². The molecular formula is C12H14N2O2. The van der Waals surface area contributed by atoms with Gasteiger partial charge in [0.15, 0.2) is 0 Å². The monoisotopic (exact) mass is 218 g/mol. The van der Waals surface area contributed by atoms with Gasteiger partial charge in [-0.2, -0.15) is 0 Å². The molecule has 0 bridgehead atoms. The van der Waals surface area contributed by atoms with Crippen LogP contribution < -0.4 is 15.0 Å². The van der Waals surface area contributed by atoms with Crippen molar-refractivity contribution in [2.75, 3.05) is 30.4 Å². The first-order valence-electron chi connectivity index (χ1n) is 5.08. The number of nitrogens with zero attached hydrogens (tertiary/aromatic N) is 1. The third kappa shape index (κ3) is 1.86. The molecule has 16 heavy (non-hydrogen) atoms. The summed E-state index contributed by atoms with van der Waals surface area (Å²) in [5, 5.41) is 2.83. The maximum atomic E-state index is 11.4. The van der Waals surface area contributed by atoms with Crippen LogP contribution in [0.3, 0.4) is 0 Å². The zero-order valence-electron chi connectivity index (χ0n) is 9.19. The van der Waals surface area contributed by atoms with E-state index in [0.717, 1.165) is 17.1 Å². The average Bonchev–Trinajstić information content (AvgIpc) is 2.29. The van der Waals surface area contributed by atoms with Gasteiger partial charge >= 0.3 is 0 Å². The molecule has 1 aromatic rings. The van der Waals surface area contributed by atoms with Gasteiger partial charge in [-0.15, -0.1) is 6.58 Å². The Morgan fingerprint density at radius 1 is 1.62 bits per heavy atom. The number of fused-ring (bicyclic) bond motifs is 1. The minimum absolute atomic E-state index is 0.000447. The molecule has 0 fully saturated rings. The Morgan fingerprint density at radius 2 is 2.44 bits per heavy atom. The first-order chi connectivity index (χ1) is 7.74. The van der Waals surface area contributed by atoms with Crippen molar-refractivity contribution in [3.05, 3.63) is 30.9 Å². The average molecular weight is 218 g/mol. The molecule has 1 aromatic carbocycles. The normalized spacial score (nSPS) is 14.1. The Kier molecular flexibility index (Phi) is 2.81. The van der Waals surface area contributed by atoms with Gasteiger partial charge in [0.25, 0.3) is 0 Å². The quantitative estimate of drug-likeness (QED) is 0.784. The standard InChI is InChI=1S/C12H14N2O2/c1-3-6-14-8-12(15)13-10-5-4-9(16-2)7-11(10)14/h3-5,7H,1,6,8H2,2H3,(H,13,15). The van der Waals surface area contributed by atoms with E-state index in [0.29, 0.717) is 13.1 Å². The van der Waals surface area contributed by atoms with Gasteiger partial charge < -0.3 is 15.0 Å². The van der Waals surface area contributed by atoms with Crippen molar-refractivity contribution in [1.29, 1.82) is 0 Å². The molecule has 1 N–H and O–H groups in total. The molecule has 1 heterocycles. The number of benzene rings is 1. The van der Waals surface area contributed by atoms with E-state index in [1.807, 2.05) is 23.1 Å². The number of nitrogens with one attached hydrogen (secondary N) is 1. The molecule has 0 spiro atoms. The summed E-state index contributed by atoms with van der Waals surface area (Å²) in [5.41, 5.74) is 1.79. The van der Waals surface area contributed by atoms with Crippen molar-refractivity contribution in [2.24, 2.45) is 0 Å². The van der Waals surface area contributed by atoms with Crippen LogP contribution in [0.2, 0.25) is 0 Å². The van der Waals surface area contributed by atoms with Crippen LogP contribution in [0.1, 0.15) is 0 Å². The summed E-state index contributed by atoms with van der Waals surface area (Å²) in [6, 6.07) is 5.59. The van der Waals surface area contributed by atoms with Crippen molar-refractivity contribution in [3.63, 3.8) is 0 Å². The van der Waals surface area contributed by atoms with Crippen LogP contribution in [-0.2, 0) is 4.79 Å². The summed E-state index contributed by atoms with van der Waals surface area (Å²) in [4.78, 5) is 13.4. The highest BCUT2D eigenvalue weighted by Crippen LogP contribution is 2.32. The van der Waals surface area contributed by atoms with E-state index in [-0.39, 0.29) is 5.91 Å². The van der Waals surface area contributed by atoms with Gasteiger partial charge in [0.2, 0.25) is 5.91 Å². The summed E-state index contributed by atoms with van der Waals surface area (Å²) < 4.78 is 5.17. The summed E-state index contributed by atoms with van der Waals surface area (Å²) in [5.74, 6) is 0.781. The molecule has 0 saturated carbocycles. The Labute approximate surface area is 94.5 Å². The van der Waals surface area contributed by atoms with E-state index >= 15 is 0 Å². The van der Waals surface area contributed by atoms with Gasteiger partial charge in [-0.1, -0.05) is 6.08 Å². The minimum Gasteiger partial charge on any atom is -0.497 e. The van der Waals surface area contributed by atoms with Crippen molar-refractivity contribution in [1.82, 2.24) is 0 Å². The molecule has 84 valence electrons. The van der Waals surface area contributed by atoms with Crippen LogP contribution in [0, 0.1) is 0 Å². The largest absolute Gasteiger partial charge is 0.497 e. The highest BCUT2D eigenvalue weighted by molar-refractivity contribution is 6.01. The molecule has 0 aliphatic carbocycles. The Morgan fingerprint density at radius 3 is 3.12 bits per heavy atom. The van der Waals surface area contributed by atoms with E-state index in [9.17, 15) is 4.79 Å². The molecule has 0 saturated heterocycles. The number of hydrogen-bond acceptors (Lipinski definition) is 3. The lowest BCUT2D eigenvalue weighted by atomic mass is 10.2. The molecule has 0 radical (unpaired) electrons. The zero-order chi connectivity index (χ0) is 11.5. The fourth-order valence-corrected chi connectivity index (χ4v) is 1.77. The second-order valence-electron chi connectivity index (χ2n) is 3.60. The van der Waals surface area contributed by atoms with Gasteiger partial charge in [0, 0.05) is 12.6 Å². The van der Waals surface area contributed by atoms with Crippen molar-refractivity contribution in [2.45, 2.75) is 0 Å². The maximum absolute atomic E-state index is 11.4. The predicted molar refractivity (Wildman–Crippen MR) is 64.0 cm³/mol. The smallest absolute Gasteiger partial charge is 0.243 e. The number of rotatable bonds is 3. The van der Waals surface area contributed by atoms with Crippen LogP contribution in [0.15, 0.2) is 30.9 Å². The molecule has 1 aliphatic heterocycles. The lowest BCUT2D eigenvalue weighted by Gasteiger charge is -2.30. The molecular weight excluding hydrogens is 204 g/mol. The molecule has 4 nitrogen and oxygen atoms in total. The minimum atomic E-state index is -0.000447. The van der Waals surface area contributed by atoms with Crippen LogP contribution in [0.5, 0.6) is 5.75 Å². The zero-order valence-corrected chi connectivity index (χ0v) is 9.19. The molecule has 4 heteroatoms. The van der Waals surface area contributed by atoms with Crippen LogP contribution in [0.4, 0.5) is 11.4 Å². The summed E-state index contributed by atoms with van der Waals surface area (Å²) >= 11 is 0. The predicted octanol–water partition coefficient (Wildman–Crippen LogP) is 1.64. The van der Waals surface area contributed by atoms with Gasteiger partial charge in [-0.05, 0) is 12.1 Å². The van der Waals surface area contributed by atoms with Crippen molar-refractivity contribution < 1.29 is 9.53 Å². The Balaban J connectivity index is 2.40. The third-order valence-corrected chi connectivity index (χ3v) is 2.50. The van der Waals surface area contributed by atoms with Crippen molar-refractivity contribution >= 4 is 17.3 Å². The van der Waals surface area contributed by atoms with Gasteiger partial charge in [0.1, 0.15) is 5.75 Å². The molecule has 0 unspecified atom stereocenters. The van der Waals surface area contributed by atoms with Gasteiger partial charge in [-0.3, -0.25) is 4.79 Å². The Bertz CT molecular complexity index is 429. The number of anilines is 2. The highest BCUT2D eigenvalue weighted by atomic mass is 16.5. The van der Waals surface area contributed by atoms with Crippen molar-refractivity contribution in [3.8, 4) is 5.75 Å². The fourth-order valence-electron chi connectivity index (χ4n) is 1.77. The molecule has 0 aromatic heterocycles. The number of hydrogen-bond donors (Lipinski definition) is 1. The third-order valence-electron chi connectivity index (χ3n) is 2.50. The summed E-state index contributed by atoms with van der Waals surface area (Å²) in [7, 11) is 1.63. The van der Waals surface area contributed by atoms with Gasteiger partial charge in [-0.25, -0.2) is 0 Å². The number of carbonyl (C=O) groups excluding carboxylic acids is 1. The van der Waals surface area contributed by atoms with E-state index < -0.39 is 0 Å². The lowest BCUT2D eigenvalue weighted by Crippen LogP contribution is -2.38. The number of methoxy groups -OCH3 is 1. The van der Waals surface area contributed by atoms with E-state index in [1.54, 1.807) is 13.2 Å².